The third-order valence-corrected chi connectivity index (χ3v) is 6.07. The number of hydrogen-bond acceptors (Lipinski definition) is 6. The number of aromatic hydroxyl groups is 1. The highest BCUT2D eigenvalue weighted by Gasteiger charge is 2.22. The van der Waals surface area contributed by atoms with Gasteiger partial charge in [0.1, 0.15) is 11.3 Å². The summed E-state index contributed by atoms with van der Waals surface area (Å²) in [6.45, 7) is 1.33. The minimum Gasteiger partial charge on any atom is -0.507 e. The molecule has 0 aliphatic carbocycles. The van der Waals surface area contributed by atoms with E-state index in [1.165, 1.54) is 37.4 Å². The quantitative estimate of drug-likeness (QED) is 0.722. The van der Waals surface area contributed by atoms with E-state index in [9.17, 15) is 23.1 Å². The number of phenolic OH excluding ortho intramolecular Hbond substituents is 1. The van der Waals surface area contributed by atoms with Crippen molar-refractivity contribution in [2.45, 2.75) is 24.2 Å². The lowest BCUT2D eigenvalue weighted by atomic mass is 10.1. The number of carbonyl (C=O) groups is 2. The second-order valence-corrected chi connectivity index (χ2v) is 8.39. The smallest absolute Gasteiger partial charge is 0.341 e. The molecule has 1 heterocycles. The topological polar surface area (TPSA) is 113 Å². The molecule has 0 bridgehead atoms. The average molecular weight is 418 g/mol. The van der Waals surface area contributed by atoms with E-state index >= 15 is 0 Å². The van der Waals surface area contributed by atoms with Crippen LogP contribution < -0.4 is 4.72 Å². The van der Waals surface area contributed by atoms with E-state index in [0.29, 0.717) is 18.7 Å². The molecule has 1 aliphatic heterocycles. The molecule has 0 radical (unpaired) electrons. The van der Waals surface area contributed by atoms with Gasteiger partial charge in [-0.2, -0.15) is 0 Å². The van der Waals surface area contributed by atoms with Crippen LogP contribution in [0.2, 0.25) is 0 Å². The van der Waals surface area contributed by atoms with Gasteiger partial charge in [-0.25, -0.2) is 13.2 Å². The summed E-state index contributed by atoms with van der Waals surface area (Å²) in [6, 6.07) is 9.55. The van der Waals surface area contributed by atoms with Gasteiger partial charge in [0.15, 0.2) is 0 Å². The fourth-order valence-electron chi connectivity index (χ4n) is 3.17. The summed E-state index contributed by atoms with van der Waals surface area (Å²) in [4.78, 5) is 25.8. The molecule has 8 nitrogen and oxygen atoms in total. The van der Waals surface area contributed by atoms with Gasteiger partial charge in [-0.15, -0.1) is 0 Å². The number of likely N-dealkylation sites (tertiary alicyclic amines) is 1. The van der Waals surface area contributed by atoms with Gasteiger partial charge in [-0.05, 0) is 49.6 Å². The summed E-state index contributed by atoms with van der Waals surface area (Å²) in [6.07, 6.45) is 2.97. The Morgan fingerprint density at radius 2 is 1.79 bits per heavy atom. The van der Waals surface area contributed by atoms with E-state index in [4.69, 9.17) is 0 Å². The van der Waals surface area contributed by atoms with Gasteiger partial charge in [0.25, 0.3) is 15.9 Å². The van der Waals surface area contributed by atoms with Crippen LogP contribution in [0, 0.1) is 0 Å². The Bertz CT molecular complexity index is 1030. The largest absolute Gasteiger partial charge is 0.507 e. The lowest BCUT2D eigenvalue weighted by Gasteiger charge is -2.26. The van der Waals surface area contributed by atoms with Crippen LogP contribution in [0.5, 0.6) is 5.75 Å². The van der Waals surface area contributed by atoms with Crippen molar-refractivity contribution in [1.82, 2.24) is 4.90 Å². The predicted molar refractivity (Wildman–Crippen MR) is 106 cm³/mol. The molecular formula is C20H22N2O6S. The first-order valence-electron chi connectivity index (χ1n) is 9.15. The fourth-order valence-corrected chi connectivity index (χ4v) is 4.26. The highest BCUT2D eigenvalue weighted by atomic mass is 32.2. The maximum atomic E-state index is 12.7. The number of amides is 1. The maximum absolute atomic E-state index is 12.7. The van der Waals surface area contributed by atoms with Crippen LogP contribution in [0.25, 0.3) is 0 Å². The standard InChI is InChI=1S/C20H22N2O6S/c1-28-20(25)17-9-8-15(13-18(17)23)21-29(26,27)16-7-5-6-14(12-16)19(24)22-10-3-2-4-11-22/h5-9,12-13,21,23H,2-4,10-11H2,1H3. The number of ether oxygens (including phenoxy) is 1. The molecule has 2 N–H and O–H groups in total. The number of phenols is 1. The average Bonchev–Trinajstić information content (AvgIpc) is 2.73. The third kappa shape index (κ3) is 4.68. The third-order valence-electron chi connectivity index (χ3n) is 4.69. The van der Waals surface area contributed by atoms with E-state index in [2.05, 4.69) is 9.46 Å². The SMILES string of the molecule is COC(=O)c1ccc(NS(=O)(=O)c2cccc(C(=O)N3CCCCC3)c2)cc1O. The van der Waals surface area contributed by atoms with Crippen molar-refractivity contribution in [2.24, 2.45) is 0 Å². The Labute approximate surface area is 169 Å². The van der Waals surface area contributed by atoms with E-state index in [1.54, 1.807) is 11.0 Å². The van der Waals surface area contributed by atoms with E-state index in [0.717, 1.165) is 25.3 Å². The van der Waals surface area contributed by atoms with Gasteiger partial charge in [0, 0.05) is 24.7 Å². The van der Waals surface area contributed by atoms with Gasteiger partial charge in [-0.1, -0.05) is 6.07 Å². The maximum Gasteiger partial charge on any atom is 0.341 e. The Kier molecular flexibility index (Phi) is 6.07. The molecular weight excluding hydrogens is 396 g/mol. The molecule has 0 atom stereocenters. The molecule has 0 aromatic heterocycles. The molecule has 29 heavy (non-hydrogen) atoms. The van der Waals surface area contributed by atoms with Gasteiger partial charge in [0.2, 0.25) is 0 Å². The first-order valence-corrected chi connectivity index (χ1v) is 10.6. The van der Waals surface area contributed by atoms with Crippen molar-refractivity contribution < 1.29 is 27.9 Å². The number of nitrogens with one attached hydrogen (secondary N) is 1. The molecule has 1 amide bonds. The number of sulfonamides is 1. The number of carbonyl (C=O) groups excluding carboxylic acids is 2. The lowest BCUT2D eigenvalue weighted by Crippen LogP contribution is -2.35. The van der Waals surface area contributed by atoms with Gasteiger partial charge in [0.05, 0.1) is 17.7 Å². The van der Waals surface area contributed by atoms with Crippen LogP contribution in [-0.2, 0) is 14.8 Å². The van der Waals surface area contributed by atoms with Crippen LogP contribution in [0.1, 0.15) is 40.0 Å². The summed E-state index contributed by atoms with van der Waals surface area (Å²) >= 11 is 0. The zero-order chi connectivity index (χ0) is 21.0. The number of benzene rings is 2. The van der Waals surface area contributed by atoms with Crippen molar-refractivity contribution in [2.75, 3.05) is 24.9 Å². The molecule has 154 valence electrons. The highest BCUT2D eigenvalue weighted by molar-refractivity contribution is 7.92. The van der Waals surface area contributed by atoms with E-state index in [-0.39, 0.29) is 22.1 Å². The molecule has 0 saturated carbocycles. The summed E-state index contributed by atoms with van der Waals surface area (Å²) < 4.78 is 32.3. The molecule has 1 saturated heterocycles. The molecule has 1 fully saturated rings. The van der Waals surface area contributed by atoms with Crippen LogP contribution in [0.3, 0.4) is 0 Å². The minimum absolute atomic E-state index is 0.0721. The molecule has 2 aromatic carbocycles. The second kappa shape index (κ2) is 8.52. The van der Waals surface area contributed by atoms with Crippen LogP contribution in [0.15, 0.2) is 47.4 Å². The van der Waals surface area contributed by atoms with E-state index < -0.39 is 21.7 Å². The summed E-state index contributed by atoms with van der Waals surface area (Å²) in [5, 5.41) is 9.94. The summed E-state index contributed by atoms with van der Waals surface area (Å²) in [7, 11) is -2.83. The Morgan fingerprint density at radius 3 is 2.45 bits per heavy atom. The number of anilines is 1. The molecule has 1 aliphatic rings. The van der Waals surface area contributed by atoms with Crippen molar-refractivity contribution in [3.05, 3.63) is 53.6 Å². The van der Waals surface area contributed by atoms with Crippen LogP contribution in [0.4, 0.5) is 5.69 Å². The molecule has 0 unspecified atom stereocenters. The second-order valence-electron chi connectivity index (χ2n) is 6.71. The first-order chi connectivity index (χ1) is 13.8. The monoisotopic (exact) mass is 418 g/mol. The fraction of sp³-hybridized carbons (Fsp3) is 0.300. The van der Waals surface area contributed by atoms with Gasteiger partial charge < -0.3 is 14.7 Å². The Morgan fingerprint density at radius 1 is 1.07 bits per heavy atom. The summed E-state index contributed by atoms with van der Waals surface area (Å²) in [5.74, 6) is -1.34. The number of rotatable bonds is 5. The summed E-state index contributed by atoms with van der Waals surface area (Å²) in [5.41, 5.74) is 0.297. The zero-order valence-electron chi connectivity index (χ0n) is 15.9. The van der Waals surface area contributed by atoms with E-state index in [1.807, 2.05) is 0 Å². The van der Waals surface area contributed by atoms with Crippen molar-refractivity contribution >= 4 is 27.6 Å². The minimum atomic E-state index is -4.00. The Balaban J connectivity index is 1.82. The highest BCUT2D eigenvalue weighted by Crippen LogP contribution is 2.25. The first kappa shape index (κ1) is 20.7. The normalized spacial score (nSPS) is 14.3. The Hall–Kier alpha value is -3.07. The van der Waals surface area contributed by atoms with Crippen molar-refractivity contribution in [1.29, 1.82) is 0 Å². The zero-order valence-corrected chi connectivity index (χ0v) is 16.7. The molecule has 3 rings (SSSR count). The molecule has 9 heteroatoms. The molecule has 0 spiro atoms. The number of nitrogens with zero attached hydrogens (tertiary/aromatic N) is 1. The number of esters is 1. The molecule has 2 aromatic rings. The van der Waals surface area contributed by atoms with Gasteiger partial charge >= 0.3 is 5.97 Å². The van der Waals surface area contributed by atoms with Crippen LogP contribution >= 0.6 is 0 Å². The number of hydrogen-bond donors (Lipinski definition) is 2. The van der Waals surface area contributed by atoms with Crippen molar-refractivity contribution in [3.63, 3.8) is 0 Å². The number of methoxy groups -OCH3 is 1. The van der Waals surface area contributed by atoms with Crippen LogP contribution in [-0.4, -0.2) is 50.5 Å². The van der Waals surface area contributed by atoms with Crippen molar-refractivity contribution in [3.8, 4) is 5.75 Å². The van der Waals surface area contributed by atoms with Gasteiger partial charge in [-0.3, -0.25) is 9.52 Å². The predicted octanol–water partition coefficient (Wildman–Crippen LogP) is 2.61. The number of piperidine rings is 1. The lowest BCUT2D eigenvalue weighted by molar-refractivity contribution is 0.0597.